The van der Waals surface area contributed by atoms with Gasteiger partial charge in [0, 0.05) is 38.1 Å². The van der Waals surface area contributed by atoms with Crippen molar-refractivity contribution in [2.45, 2.75) is 27.2 Å². The number of para-hydroxylation sites is 1. The van der Waals surface area contributed by atoms with Gasteiger partial charge in [-0.15, -0.1) is 0 Å². The zero-order valence-electron chi connectivity index (χ0n) is 17.3. The number of amides is 2. The van der Waals surface area contributed by atoms with E-state index in [1.165, 1.54) is 0 Å². The lowest BCUT2D eigenvalue weighted by Gasteiger charge is -2.34. The van der Waals surface area contributed by atoms with Crippen molar-refractivity contribution < 1.29 is 14.3 Å². The highest BCUT2D eigenvalue weighted by molar-refractivity contribution is 6.05. The molecule has 1 aromatic heterocycles. The van der Waals surface area contributed by atoms with Gasteiger partial charge in [0.25, 0.3) is 5.91 Å². The normalized spacial score (nSPS) is 13.9. The number of aromatic nitrogens is 1. The Labute approximate surface area is 171 Å². The van der Waals surface area contributed by atoms with Gasteiger partial charge in [-0.3, -0.25) is 4.79 Å². The molecule has 0 aliphatic carbocycles. The molecular weight excluding hydrogens is 368 g/mol. The third kappa shape index (κ3) is 4.85. The summed E-state index contributed by atoms with van der Waals surface area (Å²) in [4.78, 5) is 32.8. The van der Waals surface area contributed by atoms with Crippen molar-refractivity contribution in [2.24, 2.45) is 0 Å². The second-order valence-corrected chi connectivity index (χ2v) is 6.99. The first-order valence-corrected chi connectivity index (χ1v) is 10.1. The largest absolute Gasteiger partial charge is 0.450 e. The molecule has 0 unspecified atom stereocenters. The minimum Gasteiger partial charge on any atom is -0.450 e. The van der Waals surface area contributed by atoms with Crippen LogP contribution in [-0.4, -0.2) is 54.7 Å². The highest BCUT2D eigenvalue weighted by Gasteiger charge is 2.22. The Hall–Kier alpha value is -3.09. The topological polar surface area (TPSA) is 74.8 Å². The van der Waals surface area contributed by atoms with Crippen molar-refractivity contribution >= 4 is 23.5 Å². The molecule has 154 valence electrons. The first-order chi connectivity index (χ1) is 14.0. The SMILES string of the molecule is CCOC(=O)N1CCN(c2ccc(C(=O)Nc3c(C)cccc3CC)cn2)CC1. The van der Waals surface area contributed by atoms with E-state index in [-0.39, 0.29) is 12.0 Å². The molecule has 2 heterocycles. The summed E-state index contributed by atoms with van der Waals surface area (Å²) in [5.74, 6) is 0.635. The summed E-state index contributed by atoms with van der Waals surface area (Å²) in [5.41, 5.74) is 3.55. The van der Waals surface area contributed by atoms with Gasteiger partial charge in [0.05, 0.1) is 12.2 Å². The molecule has 1 fully saturated rings. The van der Waals surface area contributed by atoms with Crippen molar-refractivity contribution in [3.63, 3.8) is 0 Å². The molecule has 0 spiro atoms. The van der Waals surface area contributed by atoms with Gasteiger partial charge in [-0.1, -0.05) is 25.1 Å². The Kier molecular flexibility index (Phi) is 6.69. The number of hydrogen-bond acceptors (Lipinski definition) is 5. The third-order valence-corrected chi connectivity index (χ3v) is 5.12. The molecular formula is C22H28N4O3. The standard InChI is InChI=1S/C22H28N4O3/c1-4-17-8-6-7-16(3)20(17)24-21(27)18-9-10-19(23-15-18)25-11-13-26(14-12-25)22(28)29-5-2/h6-10,15H,4-5,11-14H2,1-3H3,(H,24,27). The average molecular weight is 396 g/mol. The summed E-state index contributed by atoms with van der Waals surface area (Å²) in [6, 6.07) is 9.67. The van der Waals surface area contributed by atoms with Crippen LogP contribution in [0.4, 0.5) is 16.3 Å². The molecule has 3 rings (SSSR count). The van der Waals surface area contributed by atoms with E-state index in [0.717, 1.165) is 29.1 Å². The number of carbonyl (C=O) groups excluding carboxylic acids is 2. The Morgan fingerprint density at radius 2 is 1.86 bits per heavy atom. The number of aryl methyl sites for hydroxylation is 2. The van der Waals surface area contributed by atoms with Crippen LogP contribution in [0, 0.1) is 6.92 Å². The highest BCUT2D eigenvalue weighted by Crippen LogP contribution is 2.22. The maximum absolute atomic E-state index is 12.7. The second-order valence-electron chi connectivity index (χ2n) is 6.99. The minimum atomic E-state index is -0.269. The van der Waals surface area contributed by atoms with Crippen molar-refractivity contribution in [1.29, 1.82) is 0 Å². The molecule has 0 radical (unpaired) electrons. The van der Waals surface area contributed by atoms with E-state index < -0.39 is 0 Å². The second kappa shape index (κ2) is 9.41. The fraction of sp³-hybridized carbons (Fsp3) is 0.409. The molecule has 2 amide bonds. The van der Waals surface area contributed by atoms with Gasteiger partial charge in [-0.25, -0.2) is 9.78 Å². The molecule has 1 aliphatic rings. The minimum absolute atomic E-state index is 0.166. The molecule has 1 aliphatic heterocycles. The quantitative estimate of drug-likeness (QED) is 0.837. The van der Waals surface area contributed by atoms with Gasteiger partial charge < -0.3 is 19.9 Å². The molecule has 7 heteroatoms. The number of rotatable bonds is 5. The van der Waals surface area contributed by atoms with Crippen LogP contribution in [0.5, 0.6) is 0 Å². The first-order valence-electron chi connectivity index (χ1n) is 10.1. The maximum atomic E-state index is 12.7. The van der Waals surface area contributed by atoms with Crippen LogP contribution in [-0.2, 0) is 11.2 Å². The van der Waals surface area contributed by atoms with E-state index >= 15 is 0 Å². The summed E-state index contributed by atoms with van der Waals surface area (Å²) in [6.45, 7) is 8.80. The van der Waals surface area contributed by atoms with E-state index in [1.54, 1.807) is 24.1 Å². The van der Waals surface area contributed by atoms with Crippen molar-refractivity contribution in [3.8, 4) is 0 Å². The maximum Gasteiger partial charge on any atom is 0.409 e. The Morgan fingerprint density at radius 3 is 2.48 bits per heavy atom. The van der Waals surface area contributed by atoms with Gasteiger partial charge >= 0.3 is 6.09 Å². The predicted octanol–water partition coefficient (Wildman–Crippen LogP) is 3.48. The number of nitrogens with one attached hydrogen (secondary N) is 1. The molecule has 7 nitrogen and oxygen atoms in total. The molecule has 0 atom stereocenters. The smallest absolute Gasteiger partial charge is 0.409 e. The number of ether oxygens (including phenoxy) is 1. The van der Waals surface area contributed by atoms with Crippen LogP contribution in [0.2, 0.25) is 0 Å². The lowest BCUT2D eigenvalue weighted by Crippen LogP contribution is -2.49. The number of benzene rings is 1. The van der Waals surface area contributed by atoms with Crippen molar-refractivity contribution in [1.82, 2.24) is 9.88 Å². The molecule has 0 bridgehead atoms. The van der Waals surface area contributed by atoms with Gasteiger partial charge in [-0.05, 0) is 43.5 Å². The van der Waals surface area contributed by atoms with E-state index in [9.17, 15) is 9.59 Å². The first kappa shape index (κ1) is 20.6. The van der Waals surface area contributed by atoms with Crippen LogP contribution in [0.25, 0.3) is 0 Å². The van der Waals surface area contributed by atoms with E-state index in [0.29, 0.717) is 38.3 Å². The van der Waals surface area contributed by atoms with Crippen LogP contribution in [0.15, 0.2) is 36.5 Å². The Balaban J connectivity index is 1.62. The van der Waals surface area contributed by atoms with E-state index in [1.807, 2.05) is 31.2 Å². The van der Waals surface area contributed by atoms with Crippen LogP contribution in [0.3, 0.4) is 0 Å². The summed E-state index contributed by atoms with van der Waals surface area (Å²) in [7, 11) is 0. The average Bonchev–Trinajstić information content (AvgIpc) is 2.75. The van der Waals surface area contributed by atoms with Crippen LogP contribution in [0.1, 0.15) is 35.3 Å². The Bertz CT molecular complexity index is 859. The lowest BCUT2D eigenvalue weighted by atomic mass is 10.1. The fourth-order valence-corrected chi connectivity index (χ4v) is 3.43. The molecule has 1 saturated heterocycles. The summed E-state index contributed by atoms with van der Waals surface area (Å²) in [5, 5.41) is 3.02. The number of pyridine rings is 1. The van der Waals surface area contributed by atoms with Gasteiger partial charge in [0.1, 0.15) is 5.82 Å². The number of piperazine rings is 1. The summed E-state index contributed by atoms with van der Waals surface area (Å²) >= 11 is 0. The number of nitrogens with zero attached hydrogens (tertiary/aromatic N) is 3. The fourth-order valence-electron chi connectivity index (χ4n) is 3.43. The summed E-state index contributed by atoms with van der Waals surface area (Å²) in [6.07, 6.45) is 2.19. The van der Waals surface area contributed by atoms with E-state index in [2.05, 4.69) is 22.1 Å². The van der Waals surface area contributed by atoms with Gasteiger partial charge in [-0.2, -0.15) is 0 Å². The van der Waals surface area contributed by atoms with E-state index in [4.69, 9.17) is 4.74 Å². The lowest BCUT2D eigenvalue weighted by molar-refractivity contribution is 0.102. The van der Waals surface area contributed by atoms with Crippen molar-refractivity contribution in [3.05, 3.63) is 53.2 Å². The molecule has 2 aromatic rings. The van der Waals surface area contributed by atoms with Gasteiger partial charge in [0.2, 0.25) is 0 Å². The number of carbonyl (C=O) groups is 2. The molecule has 1 aromatic carbocycles. The monoisotopic (exact) mass is 396 g/mol. The highest BCUT2D eigenvalue weighted by atomic mass is 16.6. The van der Waals surface area contributed by atoms with Crippen LogP contribution >= 0.6 is 0 Å². The number of anilines is 2. The van der Waals surface area contributed by atoms with Crippen LogP contribution < -0.4 is 10.2 Å². The molecule has 29 heavy (non-hydrogen) atoms. The Morgan fingerprint density at radius 1 is 1.10 bits per heavy atom. The van der Waals surface area contributed by atoms with Gasteiger partial charge in [0.15, 0.2) is 0 Å². The zero-order valence-corrected chi connectivity index (χ0v) is 17.3. The third-order valence-electron chi connectivity index (χ3n) is 5.12. The molecule has 0 saturated carbocycles. The zero-order chi connectivity index (χ0) is 20.8. The predicted molar refractivity (Wildman–Crippen MR) is 114 cm³/mol. The summed E-state index contributed by atoms with van der Waals surface area (Å²) < 4.78 is 5.05. The number of hydrogen-bond donors (Lipinski definition) is 1. The van der Waals surface area contributed by atoms with Crippen molar-refractivity contribution in [2.75, 3.05) is 43.0 Å². The molecule has 1 N–H and O–H groups in total.